The molecule has 166 valence electrons. The summed E-state index contributed by atoms with van der Waals surface area (Å²) in [7, 11) is -0.694. The molecule has 1 saturated heterocycles. The van der Waals surface area contributed by atoms with Crippen molar-refractivity contribution in [2.75, 3.05) is 39.1 Å². The number of carbonyl (C=O) groups is 2. The van der Waals surface area contributed by atoms with E-state index >= 15 is 0 Å². The highest BCUT2D eigenvalue weighted by molar-refractivity contribution is 7.89. The molecule has 1 aliphatic heterocycles. The van der Waals surface area contributed by atoms with Gasteiger partial charge < -0.3 is 15.0 Å². The molecule has 0 spiro atoms. The number of ether oxygens (including phenoxy) is 1. The Morgan fingerprint density at radius 1 is 1.13 bits per heavy atom. The van der Waals surface area contributed by atoms with Crippen molar-refractivity contribution in [2.24, 2.45) is 0 Å². The third-order valence-corrected chi connectivity index (χ3v) is 7.20. The Hall–Kier alpha value is -2.62. The summed E-state index contributed by atoms with van der Waals surface area (Å²) in [5, 5.41) is 2.81. The number of rotatable bonds is 7. The van der Waals surface area contributed by atoms with Gasteiger partial charge in [-0.2, -0.15) is 4.31 Å². The third-order valence-electron chi connectivity index (χ3n) is 4.97. The molecule has 1 heterocycles. The van der Waals surface area contributed by atoms with Crippen LogP contribution in [0, 0.1) is 0 Å². The van der Waals surface area contributed by atoms with Gasteiger partial charge in [0.15, 0.2) is 0 Å². The van der Waals surface area contributed by atoms with Crippen molar-refractivity contribution in [1.82, 2.24) is 9.21 Å². The highest BCUT2D eigenvalue weighted by atomic mass is 35.5. The van der Waals surface area contributed by atoms with E-state index < -0.39 is 21.8 Å². The number of carbonyl (C=O) groups excluding carboxylic acids is 2. The van der Waals surface area contributed by atoms with Gasteiger partial charge in [-0.3, -0.25) is 9.59 Å². The first-order chi connectivity index (χ1) is 14.7. The summed E-state index contributed by atoms with van der Waals surface area (Å²) in [6.45, 7) is 0.684. The van der Waals surface area contributed by atoms with Gasteiger partial charge in [0.05, 0.1) is 29.1 Å². The van der Waals surface area contributed by atoms with Gasteiger partial charge in [-0.1, -0.05) is 11.6 Å². The van der Waals surface area contributed by atoms with Crippen LogP contribution < -0.4 is 10.1 Å². The fraction of sp³-hybridized carbons (Fsp3) is 0.333. The quantitative estimate of drug-likeness (QED) is 0.678. The van der Waals surface area contributed by atoms with Gasteiger partial charge in [0.25, 0.3) is 5.91 Å². The second-order valence-electron chi connectivity index (χ2n) is 7.19. The molecule has 3 rings (SSSR count). The molecule has 2 aromatic rings. The standard InChI is InChI=1S/C21H24ClN3O5S/c1-24(14-20(26)23-15-5-7-16(30-2)8-6-15)21(27)18-13-17(9-10-19(18)22)31(28,29)25-11-3-4-12-25/h5-10,13H,3-4,11-12,14H2,1-2H3,(H,23,26). The fourth-order valence-corrected chi connectivity index (χ4v) is 5.02. The van der Waals surface area contributed by atoms with E-state index in [4.69, 9.17) is 16.3 Å². The van der Waals surface area contributed by atoms with Crippen LogP contribution in [0.2, 0.25) is 5.02 Å². The second-order valence-corrected chi connectivity index (χ2v) is 9.54. The van der Waals surface area contributed by atoms with E-state index in [1.54, 1.807) is 31.4 Å². The van der Waals surface area contributed by atoms with Crippen molar-refractivity contribution in [1.29, 1.82) is 0 Å². The van der Waals surface area contributed by atoms with Crippen molar-refractivity contribution in [2.45, 2.75) is 17.7 Å². The lowest BCUT2D eigenvalue weighted by atomic mass is 10.2. The summed E-state index contributed by atoms with van der Waals surface area (Å²) in [6.07, 6.45) is 1.62. The predicted molar refractivity (Wildman–Crippen MR) is 118 cm³/mol. The summed E-state index contributed by atoms with van der Waals surface area (Å²) in [5.74, 6) is -0.296. The van der Waals surface area contributed by atoms with E-state index in [2.05, 4.69) is 5.32 Å². The van der Waals surface area contributed by atoms with Crippen LogP contribution in [-0.2, 0) is 14.8 Å². The van der Waals surface area contributed by atoms with E-state index in [9.17, 15) is 18.0 Å². The van der Waals surface area contributed by atoms with Gasteiger partial charge in [0, 0.05) is 25.8 Å². The Balaban J connectivity index is 1.71. The molecule has 31 heavy (non-hydrogen) atoms. The fourth-order valence-electron chi connectivity index (χ4n) is 3.27. The van der Waals surface area contributed by atoms with E-state index in [1.807, 2.05) is 0 Å². The zero-order chi connectivity index (χ0) is 22.6. The van der Waals surface area contributed by atoms with Crippen molar-refractivity contribution in [3.63, 3.8) is 0 Å². The number of methoxy groups -OCH3 is 1. The number of anilines is 1. The molecule has 0 radical (unpaired) electrons. The van der Waals surface area contributed by atoms with Gasteiger partial charge in [-0.25, -0.2) is 8.42 Å². The second kappa shape index (κ2) is 9.67. The van der Waals surface area contributed by atoms with Crippen molar-refractivity contribution >= 4 is 39.1 Å². The normalized spacial score (nSPS) is 14.3. The number of likely N-dealkylation sites (N-methyl/N-ethyl adjacent to an activating group) is 1. The molecule has 0 aliphatic carbocycles. The maximum atomic E-state index is 12.9. The number of sulfonamides is 1. The smallest absolute Gasteiger partial charge is 0.255 e. The van der Waals surface area contributed by atoms with Gasteiger partial charge in [-0.05, 0) is 55.3 Å². The molecule has 1 N–H and O–H groups in total. The first-order valence-electron chi connectivity index (χ1n) is 9.71. The van der Waals surface area contributed by atoms with Gasteiger partial charge in [0.2, 0.25) is 15.9 Å². The zero-order valence-electron chi connectivity index (χ0n) is 17.3. The molecule has 2 aromatic carbocycles. The van der Waals surface area contributed by atoms with Crippen LogP contribution in [0.15, 0.2) is 47.4 Å². The summed E-state index contributed by atoms with van der Waals surface area (Å²) < 4.78 is 32.1. The van der Waals surface area contributed by atoms with Crippen molar-refractivity contribution < 1.29 is 22.7 Å². The lowest BCUT2D eigenvalue weighted by molar-refractivity contribution is -0.116. The molecule has 10 heteroatoms. The summed E-state index contributed by atoms with van der Waals surface area (Å²) in [6, 6.07) is 10.8. The number of benzene rings is 2. The number of halogens is 1. The maximum absolute atomic E-state index is 12.9. The molecule has 0 saturated carbocycles. The Morgan fingerprint density at radius 2 is 1.77 bits per heavy atom. The Labute approximate surface area is 186 Å². The Kier molecular flexibility index (Phi) is 7.19. The molecular formula is C21H24ClN3O5S. The average molecular weight is 466 g/mol. The summed E-state index contributed by atoms with van der Waals surface area (Å²) in [4.78, 5) is 26.4. The van der Waals surface area contributed by atoms with Crippen molar-refractivity contribution in [3.8, 4) is 5.75 Å². The van der Waals surface area contributed by atoms with E-state index in [-0.39, 0.29) is 22.0 Å². The van der Waals surface area contributed by atoms with Crippen LogP contribution in [0.3, 0.4) is 0 Å². The highest BCUT2D eigenvalue weighted by Gasteiger charge is 2.29. The van der Waals surface area contributed by atoms with Crippen LogP contribution in [0.4, 0.5) is 5.69 Å². The molecular weight excluding hydrogens is 442 g/mol. The van der Waals surface area contributed by atoms with Crippen molar-refractivity contribution in [3.05, 3.63) is 53.1 Å². The minimum atomic E-state index is -3.69. The first-order valence-corrected chi connectivity index (χ1v) is 11.5. The number of nitrogens with zero attached hydrogens (tertiary/aromatic N) is 2. The lowest BCUT2D eigenvalue weighted by Crippen LogP contribution is -2.35. The van der Waals surface area contributed by atoms with E-state index in [0.717, 1.165) is 12.8 Å². The molecule has 8 nitrogen and oxygen atoms in total. The number of nitrogens with one attached hydrogen (secondary N) is 1. The van der Waals surface area contributed by atoms with Gasteiger partial charge >= 0.3 is 0 Å². The van der Waals surface area contributed by atoms with Crippen LogP contribution in [0.5, 0.6) is 5.75 Å². The van der Waals surface area contributed by atoms with Crippen LogP contribution in [-0.4, -0.2) is 63.2 Å². The van der Waals surface area contributed by atoms with Crippen LogP contribution >= 0.6 is 11.6 Å². The molecule has 0 atom stereocenters. The highest BCUT2D eigenvalue weighted by Crippen LogP contribution is 2.26. The largest absolute Gasteiger partial charge is 0.497 e. The predicted octanol–water partition coefficient (Wildman–Crippen LogP) is 2.84. The Bertz CT molecular complexity index is 1070. The number of hydrogen-bond acceptors (Lipinski definition) is 5. The average Bonchev–Trinajstić information content (AvgIpc) is 3.29. The van der Waals surface area contributed by atoms with E-state index in [1.165, 1.54) is 34.5 Å². The minimum absolute atomic E-state index is 0.0123. The minimum Gasteiger partial charge on any atom is -0.497 e. The summed E-state index contributed by atoms with van der Waals surface area (Å²) >= 11 is 6.17. The third kappa shape index (κ3) is 5.36. The molecule has 0 unspecified atom stereocenters. The van der Waals surface area contributed by atoms with E-state index in [0.29, 0.717) is 24.5 Å². The number of hydrogen-bond donors (Lipinski definition) is 1. The monoisotopic (exact) mass is 465 g/mol. The SMILES string of the molecule is COc1ccc(NC(=O)CN(C)C(=O)c2cc(S(=O)(=O)N3CCCC3)ccc2Cl)cc1. The molecule has 2 amide bonds. The molecule has 0 aromatic heterocycles. The van der Waals surface area contributed by atoms with Gasteiger partial charge in [0.1, 0.15) is 5.75 Å². The summed E-state index contributed by atoms with van der Waals surface area (Å²) in [5.41, 5.74) is 0.588. The zero-order valence-corrected chi connectivity index (χ0v) is 18.9. The first kappa shape index (κ1) is 23.1. The maximum Gasteiger partial charge on any atom is 0.255 e. The Morgan fingerprint density at radius 3 is 2.39 bits per heavy atom. The van der Waals surface area contributed by atoms with Crippen LogP contribution in [0.1, 0.15) is 23.2 Å². The number of amides is 2. The van der Waals surface area contributed by atoms with Gasteiger partial charge in [-0.15, -0.1) is 0 Å². The molecule has 0 bridgehead atoms. The van der Waals surface area contributed by atoms with Crippen LogP contribution in [0.25, 0.3) is 0 Å². The lowest BCUT2D eigenvalue weighted by Gasteiger charge is -2.19. The molecule has 1 fully saturated rings. The topological polar surface area (TPSA) is 96.0 Å². The molecule has 1 aliphatic rings.